The second kappa shape index (κ2) is 7.61. The largest absolute Gasteiger partial charge is 0.393 e. The highest BCUT2D eigenvalue weighted by molar-refractivity contribution is 5.74. The molecular weight excluding hydrogens is 280 g/mol. The van der Waals surface area contributed by atoms with Gasteiger partial charge in [0.25, 0.3) is 0 Å². The van der Waals surface area contributed by atoms with Crippen molar-refractivity contribution in [3.05, 3.63) is 34.9 Å². The Balaban J connectivity index is 1.98. The lowest BCUT2D eigenvalue weighted by Crippen LogP contribution is -2.53. The highest BCUT2D eigenvalue weighted by atomic mass is 16.5. The van der Waals surface area contributed by atoms with E-state index < -0.39 is 6.10 Å². The van der Waals surface area contributed by atoms with Crippen molar-refractivity contribution < 1.29 is 14.6 Å². The first-order valence-electron chi connectivity index (χ1n) is 7.84. The number of nitrogens with one attached hydrogen (secondary N) is 1. The van der Waals surface area contributed by atoms with Crippen LogP contribution in [0, 0.1) is 13.8 Å². The van der Waals surface area contributed by atoms with Gasteiger partial charge in [0.05, 0.1) is 25.4 Å². The molecule has 1 aromatic carbocycles. The molecule has 0 aromatic heterocycles. The quantitative estimate of drug-likeness (QED) is 0.894. The lowest BCUT2D eigenvalue weighted by molar-refractivity contribution is -0.00438. The van der Waals surface area contributed by atoms with E-state index in [9.17, 15) is 9.90 Å². The van der Waals surface area contributed by atoms with E-state index in [1.807, 2.05) is 6.07 Å². The van der Waals surface area contributed by atoms with E-state index in [4.69, 9.17) is 4.74 Å². The summed E-state index contributed by atoms with van der Waals surface area (Å²) in [6.07, 6.45) is 0.0946. The van der Waals surface area contributed by atoms with Crippen LogP contribution in [0.25, 0.3) is 0 Å². The number of amides is 2. The standard InChI is InChI=1S/C17H26N2O3/c1-12-5-4-6-13(2)16(12)10-18-17(21)19-7-8-22-11-15(19)9-14(3)20/h4-6,14-15,20H,7-11H2,1-3H3,(H,18,21)/t14-,15-/m1/s1. The molecule has 1 aromatic rings. The molecule has 0 aliphatic carbocycles. The average Bonchev–Trinajstić information content (AvgIpc) is 2.46. The Morgan fingerprint density at radius 3 is 2.77 bits per heavy atom. The third-order valence-corrected chi connectivity index (χ3v) is 4.16. The number of hydrogen-bond acceptors (Lipinski definition) is 3. The Hall–Kier alpha value is -1.59. The van der Waals surface area contributed by atoms with Crippen LogP contribution < -0.4 is 5.32 Å². The summed E-state index contributed by atoms with van der Waals surface area (Å²) in [5.74, 6) is 0. The number of rotatable bonds is 4. The molecule has 1 saturated heterocycles. The third-order valence-electron chi connectivity index (χ3n) is 4.16. The summed E-state index contributed by atoms with van der Waals surface area (Å²) in [6.45, 7) is 7.97. The molecule has 1 fully saturated rings. The molecule has 0 unspecified atom stereocenters. The molecule has 22 heavy (non-hydrogen) atoms. The number of nitrogens with zero attached hydrogens (tertiary/aromatic N) is 1. The van der Waals surface area contributed by atoms with Crippen molar-refractivity contribution in [3.63, 3.8) is 0 Å². The minimum absolute atomic E-state index is 0.0632. The summed E-state index contributed by atoms with van der Waals surface area (Å²) in [4.78, 5) is 14.2. The number of morpholine rings is 1. The maximum atomic E-state index is 12.5. The summed E-state index contributed by atoms with van der Waals surface area (Å²) in [5, 5.41) is 12.6. The zero-order valence-electron chi connectivity index (χ0n) is 13.6. The van der Waals surface area contributed by atoms with Crippen LogP contribution >= 0.6 is 0 Å². The van der Waals surface area contributed by atoms with Gasteiger partial charge in [-0.1, -0.05) is 18.2 Å². The number of aryl methyl sites for hydroxylation is 2. The second-order valence-corrected chi connectivity index (χ2v) is 6.04. The van der Waals surface area contributed by atoms with Crippen LogP contribution in [0.2, 0.25) is 0 Å². The summed E-state index contributed by atoms with van der Waals surface area (Å²) in [6, 6.07) is 5.98. The van der Waals surface area contributed by atoms with Crippen LogP contribution in [0.4, 0.5) is 4.79 Å². The summed E-state index contributed by atoms with van der Waals surface area (Å²) >= 11 is 0. The molecule has 2 amide bonds. The van der Waals surface area contributed by atoms with Gasteiger partial charge in [-0.05, 0) is 43.9 Å². The molecule has 5 nitrogen and oxygen atoms in total. The molecule has 1 heterocycles. The maximum Gasteiger partial charge on any atom is 0.318 e. The van der Waals surface area contributed by atoms with Crippen molar-refractivity contribution in [2.45, 2.75) is 45.9 Å². The minimum atomic E-state index is -0.444. The fraction of sp³-hybridized carbons (Fsp3) is 0.588. The molecule has 2 rings (SSSR count). The molecule has 2 N–H and O–H groups in total. The molecule has 1 aliphatic heterocycles. The fourth-order valence-electron chi connectivity index (χ4n) is 2.90. The van der Waals surface area contributed by atoms with Gasteiger partial charge in [0, 0.05) is 13.1 Å². The molecule has 2 atom stereocenters. The first-order chi connectivity index (χ1) is 10.5. The summed E-state index contributed by atoms with van der Waals surface area (Å²) in [7, 11) is 0. The van der Waals surface area contributed by atoms with E-state index in [1.165, 1.54) is 11.1 Å². The van der Waals surface area contributed by atoms with Gasteiger partial charge >= 0.3 is 6.03 Å². The molecule has 0 saturated carbocycles. The maximum absolute atomic E-state index is 12.5. The van der Waals surface area contributed by atoms with Gasteiger partial charge in [0.15, 0.2) is 0 Å². The smallest absolute Gasteiger partial charge is 0.318 e. The Morgan fingerprint density at radius 1 is 1.45 bits per heavy atom. The number of ether oxygens (including phenoxy) is 1. The van der Waals surface area contributed by atoms with Gasteiger partial charge in [0.2, 0.25) is 0 Å². The minimum Gasteiger partial charge on any atom is -0.393 e. The van der Waals surface area contributed by atoms with Crippen molar-refractivity contribution in [2.24, 2.45) is 0 Å². The van der Waals surface area contributed by atoms with Gasteiger partial charge in [-0.15, -0.1) is 0 Å². The molecule has 0 bridgehead atoms. The molecule has 5 heteroatoms. The highest BCUT2D eigenvalue weighted by Gasteiger charge is 2.28. The van der Waals surface area contributed by atoms with Crippen molar-refractivity contribution in [2.75, 3.05) is 19.8 Å². The van der Waals surface area contributed by atoms with Crippen molar-refractivity contribution >= 4 is 6.03 Å². The number of benzene rings is 1. The number of carbonyl (C=O) groups excluding carboxylic acids is 1. The molecule has 0 spiro atoms. The fourth-order valence-corrected chi connectivity index (χ4v) is 2.90. The third kappa shape index (κ3) is 4.21. The number of aliphatic hydroxyl groups is 1. The molecule has 1 aliphatic rings. The lowest BCUT2D eigenvalue weighted by Gasteiger charge is -2.36. The van der Waals surface area contributed by atoms with Crippen molar-refractivity contribution in [1.29, 1.82) is 0 Å². The number of aliphatic hydroxyl groups excluding tert-OH is 1. The lowest BCUT2D eigenvalue weighted by atomic mass is 10.0. The van der Waals surface area contributed by atoms with Crippen LogP contribution in [-0.4, -0.2) is 47.9 Å². The Kier molecular flexibility index (Phi) is 5.80. The number of hydrogen-bond donors (Lipinski definition) is 2. The topological polar surface area (TPSA) is 61.8 Å². The van der Waals surface area contributed by atoms with Crippen molar-refractivity contribution in [1.82, 2.24) is 10.2 Å². The summed E-state index contributed by atoms with van der Waals surface area (Å²) < 4.78 is 5.43. The van der Waals surface area contributed by atoms with Gasteiger partial charge in [-0.3, -0.25) is 0 Å². The Morgan fingerprint density at radius 2 is 2.14 bits per heavy atom. The van der Waals surface area contributed by atoms with Crippen LogP contribution in [-0.2, 0) is 11.3 Å². The first kappa shape index (κ1) is 16.8. The van der Waals surface area contributed by atoms with E-state index >= 15 is 0 Å². The predicted octanol–water partition coefficient (Wildman–Crippen LogP) is 1.98. The Bertz CT molecular complexity index is 496. The van der Waals surface area contributed by atoms with Crippen LogP contribution in [0.15, 0.2) is 18.2 Å². The monoisotopic (exact) mass is 306 g/mol. The van der Waals surface area contributed by atoms with Gasteiger partial charge in [-0.2, -0.15) is 0 Å². The van der Waals surface area contributed by atoms with Gasteiger partial charge < -0.3 is 20.1 Å². The van der Waals surface area contributed by atoms with Crippen molar-refractivity contribution in [3.8, 4) is 0 Å². The van der Waals surface area contributed by atoms with E-state index in [2.05, 4.69) is 31.3 Å². The van der Waals surface area contributed by atoms with E-state index in [0.29, 0.717) is 32.7 Å². The first-order valence-corrected chi connectivity index (χ1v) is 7.84. The highest BCUT2D eigenvalue weighted by Crippen LogP contribution is 2.15. The molecule has 122 valence electrons. The van der Waals surface area contributed by atoms with Gasteiger partial charge in [-0.25, -0.2) is 4.79 Å². The summed E-state index contributed by atoms with van der Waals surface area (Å²) in [5.41, 5.74) is 3.53. The molecule has 0 radical (unpaired) electrons. The second-order valence-electron chi connectivity index (χ2n) is 6.04. The molecular formula is C17H26N2O3. The number of carbonyl (C=O) groups is 1. The zero-order valence-corrected chi connectivity index (χ0v) is 13.6. The van der Waals surface area contributed by atoms with E-state index in [0.717, 1.165) is 5.56 Å². The number of urea groups is 1. The van der Waals surface area contributed by atoms with E-state index in [1.54, 1.807) is 11.8 Å². The van der Waals surface area contributed by atoms with Gasteiger partial charge in [0.1, 0.15) is 0 Å². The Labute approximate surface area is 132 Å². The van der Waals surface area contributed by atoms with Crippen LogP contribution in [0.1, 0.15) is 30.0 Å². The average molecular weight is 306 g/mol. The zero-order chi connectivity index (χ0) is 16.1. The van der Waals surface area contributed by atoms with Crippen LogP contribution in [0.5, 0.6) is 0 Å². The van der Waals surface area contributed by atoms with E-state index in [-0.39, 0.29) is 12.1 Å². The predicted molar refractivity (Wildman–Crippen MR) is 85.8 cm³/mol. The SMILES string of the molecule is Cc1cccc(C)c1CNC(=O)N1CCOC[C@H]1C[C@@H](C)O. The normalized spacial score (nSPS) is 19.8. The van der Waals surface area contributed by atoms with Crippen LogP contribution in [0.3, 0.4) is 0 Å².